The molecule has 3 aromatic rings. The number of carbonyl (C=O) groups is 1. The molecule has 2 heterocycles. The van der Waals surface area contributed by atoms with Crippen LogP contribution in [0.1, 0.15) is 19.8 Å². The van der Waals surface area contributed by atoms with Crippen LogP contribution >= 0.6 is 0 Å². The van der Waals surface area contributed by atoms with Gasteiger partial charge in [0.15, 0.2) is 0 Å². The molecule has 0 bridgehead atoms. The predicted octanol–water partition coefficient (Wildman–Crippen LogP) is 4.08. The number of benzene rings is 1. The minimum Gasteiger partial charge on any atom is -0.373 e. The fourth-order valence-corrected chi connectivity index (χ4v) is 2.93. The summed E-state index contributed by atoms with van der Waals surface area (Å²) >= 11 is 0. The first-order chi connectivity index (χ1) is 12.1. The van der Waals surface area contributed by atoms with E-state index in [2.05, 4.69) is 32.7 Å². The van der Waals surface area contributed by atoms with Crippen molar-refractivity contribution in [2.45, 2.75) is 19.8 Å². The highest BCUT2D eigenvalue weighted by Gasteiger charge is 2.44. The van der Waals surface area contributed by atoms with E-state index in [4.69, 9.17) is 0 Å². The van der Waals surface area contributed by atoms with Gasteiger partial charge in [0.2, 0.25) is 5.91 Å². The predicted molar refractivity (Wildman–Crippen MR) is 100 cm³/mol. The normalized spacial score (nSPS) is 15.0. The van der Waals surface area contributed by atoms with E-state index >= 15 is 0 Å². The van der Waals surface area contributed by atoms with Gasteiger partial charge in [-0.1, -0.05) is 37.3 Å². The van der Waals surface area contributed by atoms with Crippen molar-refractivity contribution in [3.8, 4) is 11.1 Å². The number of pyridine rings is 2. The quantitative estimate of drug-likeness (QED) is 0.755. The number of amides is 1. The molecule has 5 nitrogen and oxygen atoms in total. The molecule has 0 spiro atoms. The van der Waals surface area contributed by atoms with Crippen molar-refractivity contribution < 1.29 is 4.79 Å². The lowest BCUT2D eigenvalue weighted by molar-refractivity contribution is -0.120. The fraction of sp³-hybridized carbons (Fsp3) is 0.250. The van der Waals surface area contributed by atoms with Crippen LogP contribution in [0.15, 0.2) is 48.8 Å². The summed E-state index contributed by atoms with van der Waals surface area (Å²) in [5.41, 5.74) is 1.87. The van der Waals surface area contributed by atoms with Gasteiger partial charge < -0.3 is 10.6 Å². The van der Waals surface area contributed by atoms with Crippen LogP contribution in [0.25, 0.3) is 21.9 Å². The summed E-state index contributed by atoms with van der Waals surface area (Å²) in [6, 6.07) is 12.0. The number of nitrogens with zero attached hydrogens (tertiary/aromatic N) is 2. The number of nitrogens with one attached hydrogen (secondary N) is 2. The Morgan fingerprint density at radius 3 is 2.52 bits per heavy atom. The Bertz CT molecular complexity index is 949. The molecular formula is C20H20N4O. The molecule has 1 aliphatic carbocycles. The van der Waals surface area contributed by atoms with Crippen LogP contribution in [-0.2, 0) is 4.79 Å². The molecule has 25 heavy (non-hydrogen) atoms. The molecule has 0 radical (unpaired) electrons. The second-order valence-corrected chi connectivity index (χ2v) is 6.77. The van der Waals surface area contributed by atoms with Crippen molar-refractivity contribution in [1.29, 1.82) is 0 Å². The molecule has 1 amide bonds. The van der Waals surface area contributed by atoms with E-state index in [0.29, 0.717) is 5.82 Å². The van der Waals surface area contributed by atoms with Crippen LogP contribution < -0.4 is 10.6 Å². The standard InChI is InChI=1S/C20H20N4O/c1-20(8-9-20)19(25)24-17-10-14-15(13-6-4-3-5-7-13)11-23-18(21-2)16(14)12-22-17/h3-7,10-12H,8-9H2,1-2H3,(H,21,23)(H,22,24,25). The van der Waals surface area contributed by atoms with E-state index in [1.165, 1.54) is 0 Å². The zero-order valence-electron chi connectivity index (χ0n) is 14.3. The maximum atomic E-state index is 12.3. The van der Waals surface area contributed by atoms with Gasteiger partial charge in [-0.05, 0) is 29.9 Å². The second-order valence-electron chi connectivity index (χ2n) is 6.77. The Morgan fingerprint density at radius 2 is 1.84 bits per heavy atom. The Hall–Kier alpha value is -2.95. The molecule has 1 fully saturated rings. The van der Waals surface area contributed by atoms with Gasteiger partial charge in [0.05, 0.1) is 0 Å². The third-order valence-corrected chi connectivity index (χ3v) is 4.88. The molecule has 4 rings (SSSR count). The number of aromatic nitrogens is 2. The zero-order chi connectivity index (χ0) is 17.4. The summed E-state index contributed by atoms with van der Waals surface area (Å²) in [6.07, 6.45) is 5.51. The molecule has 0 unspecified atom stereocenters. The lowest BCUT2D eigenvalue weighted by Crippen LogP contribution is -2.21. The highest BCUT2D eigenvalue weighted by molar-refractivity contribution is 6.04. The molecule has 2 aromatic heterocycles. The van der Waals surface area contributed by atoms with Gasteiger partial charge >= 0.3 is 0 Å². The zero-order valence-corrected chi connectivity index (χ0v) is 14.3. The molecule has 0 aliphatic heterocycles. The Kier molecular flexibility index (Phi) is 3.64. The first-order valence-corrected chi connectivity index (χ1v) is 8.44. The molecule has 126 valence electrons. The molecule has 0 atom stereocenters. The first-order valence-electron chi connectivity index (χ1n) is 8.44. The number of hydrogen-bond donors (Lipinski definition) is 2. The van der Waals surface area contributed by atoms with Crippen molar-refractivity contribution in [2.75, 3.05) is 17.7 Å². The summed E-state index contributed by atoms with van der Waals surface area (Å²) < 4.78 is 0. The average molecular weight is 332 g/mol. The highest BCUT2D eigenvalue weighted by Crippen LogP contribution is 2.45. The lowest BCUT2D eigenvalue weighted by Gasteiger charge is -2.13. The molecule has 2 N–H and O–H groups in total. The van der Waals surface area contributed by atoms with Crippen LogP contribution in [0.3, 0.4) is 0 Å². The van der Waals surface area contributed by atoms with Gasteiger partial charge in [-0.3, -0.25) is 4.79 Å². The van der Waals surface area contributed by atoms with Gasteiger partial charge in [0.25, 0.3) is 0 Å². The molecule has 1 aliphatic rings. The van der Waals surface area contributed by atoms with Crippen molar-refractivity contribution in [3.05, 3.63) is 48.8 Å². The minimum atomic E-state index is -0.229. The van der Waals surface area contributed by atoms with Gasteiger partial charge in [-0.2, -0.15) is 0 Å². The van der Waals surface area contributed by atoms with Gasteiger partial charge in [-0.15, -0.1) is 0 Å². The fourth-order valence-electron chi connectivity index (χ4n) is 2.93. The van der Waals surface area contributed by atoms with Crippen LogP contribution in [0.5, 0.6) is 0 Å². The number of hydrogen-bond acceptors (Lipinski definition) is 4. The summed E-state index contributed by atoms with van der Waals surface area (Å²) in [5.74, 6) is 1.40. The summed E-state index contributed by atoms with van der Waals surface area (Å²) in [5, 5.41) is 8.01. The topological polar surface area (TPSA) is 66.9 Å². The van der Waals surface area contributed by atoms with Crippen molar-refractivity contribution in [3.63, 3.8) is 0 Å². The van der Waals surface area contributed by atoms with Crippen molar-refractivity contribution in [2.24, 2.45) is 5.41 Å². The highest BCUT2D eigenvalue weighted by atomic mass is 16.2. The van der Waals surface area contributed by atoms with E-state index in [1.54, 1.807) is 6.20 Å². The van der Waals surface area contributed by atoms with Gasteiger partial charge in [0, 0.05) is 35.8 Å². The molecular weight excluding hydrogens is 312 g/mol. The van der Waals surface area contributed by atoms with Crippen molar-refractivity contribution in [1.82, 2.24) is 9.97 Å². The van der Waals surface area contributed by atoms with Crippen LogP contribution in [0.4, 0.5) is 11.6 Å². The third-order valence-electron chi connectivity index (χ3n) is 4.88. The molecule has 0 saturated heterocycles. The monoisotopic (exact) mass is 332 g/mol. The average Bonchev–Trinajstić information content (AvgIpc) is 3.40. The largest absolute Gasteiger partial charge is 0.373 e. The molecule has 5 heteroatoms. The van der Waals surface area contributed by atoms with E-state index in [1.807, 2.05) is 44.4 Å². The van der Waals surface area contributed by atoms with E-state index in [9.17, 15) is 4.79 Å². The van der Waals surface area contributed by atoms with Gasteiger partial charge in [0.1, 0.15) is 11.6 Å². The van der Waals surface area contributed by atoms with E-state index < -0.39 is 0 Å². The van der Waals surface area contributed by atoms with Crippen LogP contribution in [0, 0.1) is 5.41 Å². The number of carbonyl (C=O) groups excluding carboxylic acids is 1. The molecule has 1 saturated carbocycles. The second kappa shape index (κ2) is 5.84. The van der Waals surface area contributed by atoms with Crippen LogP contribution in [-0.4, -0.2) is 22.9 Å². The third kappa shape index (κ3) is 2.82. The summed E-state index contributed by atoms with van der Waals surface area (Å²) in [6.45, 7) is 1.99. The van der Waals surface area contributed by atoms with Gasteiger partial charge in [-0.25, -0.2) is 9.97 Å². The number of fused-ring (bicyclic) bond motifs is 1. The van der Waals surface area contributed by atoms with E-state index in [-0.39, 0.29) is 11.3 Å². The molecule has 1 aromatic carbocycles. The maximum absolute atomic E-state index is 12.3. The number of rotatable bonds is 4. The Labute approximate surface area is 146 Å². The van der Waals surface area contributed by atoms with E-state index in [0.717, 1.165) is 40.6 Å². The summed E-state index contributed by atoms with van der Waals surface area (Å²) in [7, 11) is 1.84. The lowest BCUT2D eigenvalue weighted by atomic mass is 10.0. The summed E-state index contributed by atoms with van der Waals surface area (Å²) in [4.78, 5) is 21.3. The minimum absolute atomic E-state index is 0.0449. The van der Waals surface area contributed by atoms with Crippen LogP contribution in [0.2, 0.25) is 0 Å². The smallest absolute Gasteiger partial charge is 0.231 e. The van der Waals surface area contributed by atoms with Crippen molar-refractivity contribution >= 4 is 28.3 Å². The SMILES string of the molecule is CNc1ncc(-c2ccccc2)c2cc(NC(=O)C3(C)CC3)ncc12. The Morgan fingerprint density at radius 1 is 1.08 bits per heavy atom. The Balaban J connectivity index is 1.82. The number of anilines is 2. The maximum Gasteiger partial charge on any atom is 0.231 e. The first kappa shape index (κ1) is 15.6.